The highest BCUT2D eigenvalue weighted by atomic mass is 79.9. The molecule has 0 radical (unpaired) electrons. The first kappa shape index (κ1) is 18.9. The van der Waals surface area contributed by atoms with Crippen LogP contribution in [0.4, 0.5) is 5.69 Å². The van der Waals surface area contributed by atoms with Crippen molar-refractivity contribution in [3.8, 4) is 0 Å². The third-order valence-corrected chi connectivity index (χ3v) is 6.66. The first-order valence-electron chi connectivity index (χ1n) is 6.65. The fourth-order valence-electron chi connectivity index (χ4n) is 2.10. The second-order valence-electron chi connectivity index (χ2n) is 4.81. The molecular formula is C13H20Br2N2O3S. The number of anilines is 1. The molecule has 0 bridgehead atoms. The summed E-state index contributed by atoms with van der Waals surface area (Å²) in [6.45, 7) is 3.93. The SMILES string of the molecule is CCC(CC)C(O)CNS(=O)(=O)c1c(Br)cc(N)cc1Br. The maximum atomic E-state index is 12.4. The molecule has 1 aromatic rings. The average molecular weight is 444 g/mol. The number of nitrogens with one attached hydrogen (secondary N) is 1. The van der Waals surface area contributed by atoms with Gasteiger partial charge in [-0.2, -0.15) is 0 Å². The number of hydrogen-bond donors (Lipinski definition) is 3. The highest BCUT2D eigenvalue weighted by Gasteiger charge is 2.24. The van der Waals surface area contributed by atoms with Crippen LogP contribution in [-0.4, -0.2) is 26.2 Å². The average Bonchev–Trinajstić information content (AvgIpc) is 2.36. The fraction of sp³-hybridized carbons (Fsp3) is 0.538. The lowest BCUT2D eigenvalue weighted by atomic mass is 9.97. The van der Waals surface area contributed by atoms with Gasteiger partial charge in [-0.25, -0.2) is 13.1 Å². The molecule has 21 heavy (non-hydrogen) atoms. The lowest BCUT2D eigenvalue weighted by Crippen LogP contribution is -2.36. The largest absolute Gasteiger partial charge is 0.399 e. The van der Waals surface area contributed by atoms with Crippen LogP contribution in [0.2, 0.25) is 0 Å². The van der Waals surface area contributed by atoms with Gasteiger partial charge in [-0.1, -0.05) is 26.7 Å². The van der Waals surface area contributed by atoms with Gasteiger partial charge in [0, 0.05) is 21.2 Å². The van der Waals surface area contributed by atoms with Gasteiger partial charge in [0.15, 0.2) is 0 Å². The summed E-state index contributed by atoms with van der Waals surface area (Å²) in [7, 11) is -3.74. The molecule has 0 aliphatic rings. The summed E-state index contributed by atoms with van der Waals surface area (Å²) in [5, 5.41) is 10.0. The van der Waals surface area contributed by atoms with Gasteiger partial charge in [-0.05, 0) is 49.9 Å². The van der Waals surface area contributed by atoms with E-state index in [0.29, 0.717) is 14.6 Å². The lowest BCUT2D eigenvalue weighted by molar-refractivity contribution is 0.107. The van der Waals surface area contributed by atoms with Gasteiger partial charge in [0.25, 0.3) is 0 Å². The zero-order chi connectivity index (χ0) is 16.2. The number of sulfonamides is 1. The summed E-state index contributed by atoms with van der Waals surface area (Å²) in [5.41, 5.74) is 6.10. The van der Waals surface area contributed by atoms with E-state index in [4.69, 9.17) is 5.73 Å². The normalized spacial score (nSPS) is 13.6. The highest BCUT2D eigenvalue weighted by molar-refractivity contribution is 9.11. The summed E-state index contributed by atoms with van der Waals surface area (Å²) in [6.07, 6.45) is 0.893. The maximum Gasteiger partial charge on any atom is 0.242 e. The van der Waals surface area contributed by atoms with Crippen molar-refractivity contribution in [2.45, 2.75) is 37.7 Å². The molecule has 0 aliphatic heterocycles. The molecule has 1 atom stereocenters. The molecule has 0 fully saturated rings. The minimum Gasteiger partial charge on any atom is -0.399 e. The Labute approximate surface area is 142 Å². The van der Waals surface area contributed by atoms with Crippen molar-refractivity contribution in [2.24, 2.45) is 5.92 Å². The Balaban J connectivity index is 2.93. The Bertz CT molecular complexity index is 566. The second kappa shape index (κ2) is 7.92. The van der Waals surface area contributed by atoms with E-state index in [-0.39, 0.29) is 17.4 Å². The lowest BCUT2D eigenvalue weighted by Gasteiger charge is -2.20. The molecular weight excluding hydrogens is 424 g/mol. The van der Waals surface area contributed by atoms with E-state index in [1.165, 1.54) is 12.1 Å². The quantitative estimate of drug-likeness (QED) is 0.565. The first-order chi connectivity index (χ1) is 9.72. The summed E-state index contributed by atoms with van der Waals surface area (Å²) in [6, 6.07) is 3.05. The van der Waals surface area contributed by atoms with E-state index in [0.717, 1.165) is 12.8 Å². The molecule has 0 aliphatic carbocycles. The van der Waals surface area contributed by atoms with Crippen LogP contribution in [0.3, 0.4) is 0 Å². The van der Waals surface area contributed by atoms with E-state index in [9.17, 15) is 13.5 Å². The van der Waals surface area contributed by atoms with Crippen LogP contribution in [0.25, 0.3) is 0 Å². The molecule has 5 nitrogen and oxygen atoms in total. The van der Waals surface area contributed by atoms with Gasteiger partial charge < -0.3 is 10.8 Å². The minimum absolute atomic E-state index is 0.0159. The number of nitrogen functional groups attached to an aromatic ring is 1. The molecule has 120 valence electrons. The topological polar surface area (TPSA) is 92.4 Å². The van der Waals surface area contributed by atoms with Crippen molar-refractivity contribution in [3.05, 3.63) is 21.1 Å². The Morgan fingerprint density at radius 2 is 1.71 bits per heavy atom. The van der Waals surface area contributed by atoms with Crippen LogP contribution in [0.1, 0.15) is 26.7 Å². The summed E-state index contributed by atoms with van der Waals surface area (Å²) < 4.78 is 27.9. The number of aliphatic hydroxyl groups is 1. The smallest absolute Gasteiger partial charge is 0.242 e. The van der Waals surface area contributed by atoms with E-state index in [1.54, 1.807) is 0 Å². The van der Waals surface area contributed by atoms with Crippen molar-refractivity contribution in [2.75, 3.05) is 12.3 Å². The molecule has 8 heteroatoms. The molecule has 0 spiro atoms. The van der Waals surface area contributed by atoms with Crippen molar-refractivity contribution in [3.63, 3.8) is 0 Å². The summed E-state index contributed by atoms with van der Waals surface area (Å²) in [4.78, 5) is 0.0773. The molecule has 1 unspecified atom stereocenters. The van der Waals surface area contributed by atoms with E-state index < -0.39 is 16.1 Å². The third kappa shape index (κ3) is 4.92. The molecule has 4 N–H and O–H groups in total. The van der Waals surface area contributed by atoms with Gasteiger partial charge in [0.05, 0.1) is 6.10 Å². The van der Waals surface area contributed by atoms with Crippen molar-refractivity contribution >= 4 is 47.6 Å². The van der Waals surface area contributed by atoms with Gasteiger partial charge >= 0.3 is 0 Å². The van der Waals surface area contributed by atoms with Crippen LogP contribution in [-0.2, 0) is 10.0 Å². The maximum absolute atomic E-state index is 12.4. The van der Waals surface area contributed by atoms with Gasteiger partial charge in [0.2, 0.25) is 10.0 Å². The van der Waals surface area contributed by atoms with Crippen LogP contribution >= 0.6 is 31.9 Å². The van der Waals surface area contributed by atoms with Crippen LogP contribution in [0.5, 0.6) is 0 Å². The zero-order valence-corrected chi connectivity index (χ0v) is 15.9. The molecule has 0 saturated heterocycles. The molecule has 0 heterocycles. The number of halogens is 2. The number of aliphatic hydroxyl groups excluding tert-OH is 1. The number of rotatable bonds is 7. The monoisotopic (exact) mass is 442 g/mol. The van der Waals surface area contributed by atoms with Crippen molar-refractivity contribution < 1.29 is 13.5 Å². The van der Waals surface area contributed by atoms with Crippen LogP contribution < -0.4 is 10.5 Å². The Kier molecular flexibility index (Phi) is 7.12. The molecule has 1 aromatic carbocycles. The van der Waals surface area contributed by atoms with Gasteiger partial charge in [0.1, 0.15) is 4.90 Å². The van der Waals surface area contributed by atoms with Crippen LogP contribution in [0.15, 0.2) is 26.0 Å². The molecule has 0 aromatic heterocycles. The zero-order valence-electron chi connectivity index (χ0n) is 11.9. The van der Waals surface area contributed by atoms with Crippen LogP contribution in [0, 0.1) is 5.92 Å². The number of hydrogen-bond acceptors (Lipinski definition) is 4. The summed E-state index contributed by atoms with van der Waals surface area (Å²) >= 11 is 6.41. The van der Waals surface area contributed by atoms with E-state index in [1.807, 2.05) is 13.8 Å². The third-order valence-electron chi connectivity index (χ3n) is 3.36. The van der Waals surface area contributed by atoms with Gasteiger partial charge in [-0.3, -0.25) is 0 Å². The predicted molar refractivity (Wildman–Crippen MR) is 91.5 cm³/mol. The van der Waals surface area contributed by atoms with Crippen molar-refractivity contribution in [1.29, 1.82) is 0 Å². The van der Waals surface area contributed by atoms with Crippen molar-refractivity contribution in [1.82, 2.24) is 4.72 Å². The second-order valence-corrected chi connectivity index (χ2v) is 8.22. The Hall–Kier alpha value is -0.150. The predicted octanol–water partition coefficient (Wildman–Crippen LogP) is 2.87. The first-order valence-corrected chi connectivity index (χ1v) is 9.72. The van der Waals surface area contributed by atoms with E-state index >= 15 is 0 Å². The molecule has 0 amide bonds. The number of benzene rings is 1. The Morgan fingerprint density at radius 3 is 2.14 bits per heavy atom. The minimum atomic E-state index is -3.74. The molecule has 0 saturated carbocycles. The number of nitrogens with two attached hydrogens (primary N) is 1. The summed E-state index contributed by atoms with van der Waals surface area (Å²) in [5.74, 6) is 0.0750. The Morgan fingerprint density at radius 1 is 1.24 bits per heavy atom. The van der Waals surface area contributed by atoms with Gasteiger partial charge in [-0.15, -0.1) is 0 Å². The fourth-order valence-corrected chi connectivity index (χ4v) is 5.77. The molecule has 1 rings (SSSR count). The highest BCUT2D eigenvalue weighted by Crippen LogP contribution is 2.32. The van der Waals surface area contributed by atoms with E-state index in [2.05, 4.69) is 36.6 Å². The standard InChI is InChI=1S/C13H20Br2N2O3S/c1-3-8(4-2)12(18)7-17-21(19,20)13-10(14)5-9(16)6-11(13)15/h5-6,8,12,17-18H,3-4,7,16H2,1-2H3.